The van der Waals surface area contributed by atoms with Crippen LogP contribution in [-0.4, -0.2) is 74.3 Å². The number of ether oxygens (including phenoxy) is 1. The van der Waals surface area contributed by atoms with Crippen LogP contribution in [0.1, 0.15) is 31.2 Å². The van der Waals surface area contributed by atoms with Crippen LogP contribution in [0.5, 0.6) is 11.8 Å². The quantitative estimate of drug-likeness (QED) is 0.178. The first-order valence-corrected chi connectivity index (χ1v) is 15.6. The van der Waals surface area contributed by atoms with Gasteiger partial charge in [-0.15, -0.1) is 6.42 Å². The van der Waals surface area contributed by atoms with E-state index in [-0.39, 0.29) is 69.7 Å². The number of hydrogen-bond acceptors (Lipinski definition) is 7. The first-order valence-electron chi connectivity index (χ1n) is 15.6. The summed E-state index contributed by atoms with van der Waals surface area (Å²) in [6, 6.07) is 5.28. The molecule has 8 rings (SSSR count). The average molecular weight is 643 g/mol. The lowest BCUT2D eigenvalue weighted by Crippen LogP contribution is -2.43. The Bertz CT molecular complexity index is 2190. The van der Waals surface area contributed by atoms with Crippen LogP contribution in [0.4, 0.5) is 23.4 Å². The summed E-state index contributed by atoms with van der Waals surface area (Å²) in [6.45, 7) is 1.54. The van der Waals surface area contributed by atoms with Gasteiger partial charge in [0.1, 0.15) is 47.0 Å². The van der Waals surface area contributed by atoms with Crippen molar-refractivity contribution in [1.29, 1.82) is 0 Å². The molecule has 3 aliphatic rings. The molecule has 47 heavy (non-hydrogen) atoms. The molecule has 0 bridgehead atoms. The van der Waals surface area contributed by atoms with Gasteiger partial charge in [-0.05, 0) is 61.0 Å². The number of aromatic nitrogens is 4. The number of benzene rings is 3. The number of phenolic OH excluding ortho intramolecular Hbond substituents is 1. The molecule has 0 unspecified atom stereocenters. The van der Waals surface area contributed by atoms with E-state index in [2.05, 4.69) is 20.9 Å². The summed E-state index contributed by atoms with van der Waals surface area (Å²) in [5, 5.41) is 16.7. The zero-order chi connectivity index (χ0) is 32.6. The Labute approximate surface area is 267 Å². The average Bonchev–Trinajstić information content (AvgIpc) is 3.71. The minimum absolute atomic E-state index is 0.0481. The summed E-state index contributed by atoms with van der Waals surface area (Å²) in [4.78, 5) is 13.1. The molecule has 0 radical (unpaired) electrons. The predicted octanol–water partition coefficient (Wildman–Crippen LogP) is 6.32. The summed E-state index contributed by atoms with van der Waals surface area (Å²) < 4.78 is 69.2. The second-order valence-corrected chi connectivity index (χ2v) is 12.7. The molecule has 1 N–H and O–H groups in total. The number of phenols is 1. The largest absolute Gasteiger partial charge is 0.508 e. The monoisotopic (exact) mass is 642 g/mol. The van der Waals surface area contributed by atoms with Gasteiger partial charge in [0.05, 0.1) is 23.0 Å². The van der Waals surface area contributed by atoms with E-state index in [1.807, 2.05) is 0 Å². The van der Waals surface area contributed by atoms with E-state index in [4.69, 9.17) is 16.1 Å². The van der Waals surface area contributed by atoms with E-state index < -0.39 is 23.3 Å². The molecule has 0 spiro atoms. The van der Waals surface area contributed by atoms with Gasteiger partial charge in [0, 0.05) is 49.1 Å². The number of terminal acetylenes is 1. The van der Waals surface area contributed by atoms with E-state index in [0.29, 0.717) is 42.1 Å². The van der Waals surface area contributed by atoms with Gasteiger partial charge in [0.25, 0.3) is 0 Å². The normalized spacial score (nSPS) is 21.5. The molecule has 0 aliphatic carbocycles. The standard InChI is InChI=1S/C35H30F4N6O2/c1-3-23-26(38)8-7-19-12-22(46)13-24(27(19)23)28-30(39)32-29(25-17-43(2)42-31(25)28)33(44-10-4-6-20(36)15-44)41-34(40-32)47-18-35-9-5-11-45(35)16-21(37)14-35/h1,6-8,12-13,17,21,46H,4-5,9-11,14-16,18H2,2H3/t21-,35+/m1/s1. The van der Waals surface area contributed by atoms with E-state index in [0.717, 1.165) is 19.4 Å². The number of rotatable bonds is 5. The lowest BCUT2D eigenvalue weighted by atomic mass is 9.91. The lowest BCUT2D eigenvalue weighted by molar-refractivity contribution is 0.107. The van der Waals surface area contributed by atoms with Crippen LogP contribution in [0.2, 0.25) is 0 Å². The summed E-state index contributed by atoms with van der Waals surface area (Å²) in [5.74, 6) is 0.621. The van der Waals surface area contributed by atoms with E-state index in [1.54, 1.807) is 18.1 Å². The molecule has 2 aromatic heterocycles. The third kappa shape index (κ3) is 4.66. The smallest absolute Gasteiger partial charge is 0.319 e. The van der Waals surface area contributed by atoms with Crippen molar-refractivity contribution in [3.05, 3.63) is 59.6 Å². The van der Waals surface area contributed by atoms with Crippen molar-refractivity contribution in [3.8, 4) is 35.2 Å². The fourth-order valence-corrected chi connectivity index (χ4v) is 7.75. The van der Waals surface area contributed by atoms with E-state index >= 15 is 8.78 Å². The highest BCUT2D eigenvalue weighted by Crippen LogP contribution is 2.45. The number of halogens is 4. The van der Waals surface area contributed by atoms with Crippen molar-refractivity contribution < 1.29 is 27.4 Å². The maximum Gasteiger partial charge on any atom is 0.319 e. The van der Waals surface area contributed by atoms with Gasteiger partial charge in [-0.3, -0.25) is 9.58 Å². The van der Waals surface area contributed by atoms with Gasteiger partial charge in [0.2, 0.25) is 0 Å². The SMILES string of the molecule is C#Cc1c(F)ccc2cc(O)cc(-c3c(F)c4nc(OC[C@@]56CCCN5C[C@H](F)C6)nc(N5CCC=C(F)C5)c4c4cn(C)nc34)c12. The minimum atomic E-state index is -0.969. The molecule has 3 aliphatic heterocycles. The number of hydrogen-bond donors (Lipinski definition) is 1. The van der Waals surface area contributed by atoms with Crippen molar-refractivity contribution in [2.45, 2.75) is 37.4 Å². The third-order valence-electron chi connectivity index (χ3n) is 9.73. The Kier molecular flexibility index (Phi) is 6.81. The van der Waals surface area contributed by atoms with E-state index in [9.17, 15) is 13.9 Å². The lowest BCUT2D eigenvalue weighted by Gasteiger charge is -2.31. The second-order valence-electron chi connectivity index (χ2n) is 12.7. The summed E-state index contributed by atoms with van der Waals surface area (Å²) in [6.07, 6.45) is 10.4. The number of alkyl halides is 1. The van der Waals surface area contributed by atoms with E-state index in [1.165, 1.54) is 35.0 Å². The van der Waals surface area contributed by atoms with Crippen molar-refractivity contribution in [2.75, 3.05) is 37.7 Å². The van der Waals surface area contributed by atoms with Gasteiger partial charge in [0.15, 0.2) is 5.82 Å². The van der Waals surface area contributed by atoms with Crippen molar-refractivity contribution in [1.82, 2.24) is 24.6 Å². The maximum absolute atomic E-state index is 17.3. The molecule has 8 nitrogen and oxygen atoms in total. The molecule has 5 aromatic rings. The highest BCUT2D eigenvalue weighted by atomic mass is 19.1. The zero-order valence-corrected chi connectivity index (χ0v) is 25.5. The Hall–Kier alpha value is -4.89. The Morgan fingerprint density at radius 1 is 1.13 bits per heavy atom. The van der Waals surface area contributed by atoms with Crippen molar-refractivity contribution >= 4 is 38.4 Å². The van der Waals surface area contributed by atoms with Crippen LogP contribution in [0.25, 0.3) is 43.7 Å². The van der Waals surface area contributed by atoms with Crippen LogP contribution >= 0.6 is 0 Å². The number of nitrogens with zero attached hydrogens (tertiary/aromatic N) is 6. The highest BCUT2D eigenvalue weighted by molar-refractivity contribution is 6.18. The molecule has 5 heterocycles. The van der Waals surface area contributed by atoms with Gasteiger partial charge in [-0.2, -0.15) is 15.1 Å². The Morgan fingerprint density at radius 2 is 1.98 bits per heavy atom. The summed E-state index contributed by atoms with van der Waals surface area (Å²) >= 11 is 0. The van der Waals surface area contributed by atoms with Gasteiger partial charge < -0.3 is 14.7 Å². The fraction of sp³-hybridized carbons (Fsp3) is 0.343. The van der Waals surface area contributed by atoms with Crippen LogP contribution in [-0.2, 0) is 7.05 Å². The third-order valence-corrected chi connectivity index (χ3v) is 9.73. The first kappa shape index (κ1) is 29.5. The molecule has 0 amide bonds. The Balaban J connectivity index is 1.40. The molecule has 240 valence electrons. The second kappa shape index (κ2) is 10.8. The zero-order valence-electron chi connectivity index (χ0n) is 25.5. The molecular formula is C35H30F4N6O2. The van der Waals surface area contributed by atoms with Crippen LogP contribution in [0, 0.1) is 24.0 Å². The van der Waals surface area contributed by atoms with Gasteiger partial charge in [-0.25, -0.2) is 17.6 Å². The molecular weight excluding hydrogens is 612 g/mol. The fourth-order valence-electron chi connectivity index (χ4n) is 7.75. The number of fused-ring (bicyclic) bond motifs is 5. The van der Waals surface area contributed by atoms with Crippen molar-refractivity contribution in [3.63, 3.8) is 0 Å². The van der Waals surface area contributed by atoms with Crippen LogP contribution in [0.15, 0.2) is 42.4 Å². The maximum atomic E-state index is 17.3. The van der Waals surface area contributed by atoms with Crippen molar-refractivity contribution in [2.24, 2.45) is 7.05 Å². The topological polar surface area (TPSA) is 79.5 Å². The summed E-state index contributed by atoms with van der Waals surface area (Å²) in [7, 11) is 1.67. The van der Waals surface area contributed by atoms with Crippen LogP contribution in [0.3, 0.4) is 0 Å². The van der Waals surface area contributed by atoms with Gasteiger partial charge >= 0.3 is 6.01 Å². The number of aryl methyl sites for hydroxylation is 1. The first-order chi connectivity index (χ1) is 22.7. The van der Waals surface area contributed by atoms with Crippen LogP contribution < -0.4 is 9.64 Å². The summed E-state index contributed by atoms with van der Waals surface area (Å²) in [5.41, 5.74) is -0.444. The molecule has 3 aromatic carbocycles. The number of aromatic hydroxyl groups is 1. The molecule has 2 saturated heterocycles. The predicted molar refractivity (Wildman–Crippen MR) is 171 cm³/mol. The van der Waals surface area contributed by atoms with Gasteiger partial charge in [-0.1, -0.05) is 12.0 Å². The Morgan fingerprint density at radius 3 is 2.79 bits per heavy atom. The molecule has 0 saturated carbocycles. The number of anilines is 1. The minimum Gasteiger partial charge on any atom is -0.508 e. The molecule has 2 atom stereocenters. The highest BCUT2D eigenvalue weighted by Gasteiger charge is 2.49. The molecule has 12 heteroatoms. The molecule has 2 fully saturated rings.